The van der Waals surface area contributed by atoms with Gasteiger partial charge in [0.25, 0.3) is 0 Å². The molecule has 1 N–H and O–H groups in total. The summed E-state index contributed by atoms with van der Waals surface area (Å²) in [5, 5.41) is 0.939. The lowest BCUT2D eigenvalue weighted by Gasteiger charge is -1.99. The van der Waals surface area contributed by atoms with Crippen molar-refractivity contribution in [1.82, 2.24) is 4.98 Å². The maximum absolute atomic E-state index is 12.1. The van der Waals surface area contributed by atoms with Crippen LogP contribution in [0.4, 0.5) is 0 Å². The van der Waals surface area contributed by atoms with Gasteiger partial charge in [0.1, 0.15) is 33.1 Å². The Bertz CT molecular complexity index is 1070. The maximum Gasteiger partial charge on any atom is 0.347 e. The number of ether oxygens (including phenoxy) is 2. The zero-order chi connectivity index (χ0) is 16.8. The van der Waals surface area contributed by atoms with E-state index in [2.05, 4.69) is 4.98 Å². The second kappa shape index (κ2) is 5.35. The van der Waals surface area contributed by atoms with Gasteiger partial charge in [0.2, 0.25) is 0 Å². The van der Waals surface area contributed by atoms with Gasteiger partial charge in [-0.15, -0.1) is 0 Å². The van der Waals surface area contributed by atoms with E-state index in [-0.39, 0.29) is 0 Å². The van der Waals surface area contributed by atoms with Crippen molar-refractivity contribution in [3.05, 3.63) is 57.6 Å². The summed E-state index contributed by atoms with van der Waals surface area (Å²) in [6.45, 7) is 1.88. The Morgan fingerprint density at radius 2 is 2.08 bits per heavy atom. The lowest BCUT2D eigenvalue weighted by atomic mass is 10.1. The van der Waals surface area contributed by atoms with E-state index in [1.807, 2.05) is 37.3 Å². The molecule has 3 heterocycles. The fourth-order valence-corrected chi connectivity index (χ4v) is 3.11. The molecule has 0 unspecified atom stereocenters. The molecule has 1 aromatic carbocycles. The number of carbonyl (C=O) groups excluding carboxylic acids is 1. The quantitative estimate of drug-likeness (QED) is 0.551. The van der Waals surface area contributed by atoms with Crippen LogP contribution in [0.3, 0.4) is 0 Å². The average Bonchev–Trinajstić information content (AvgIpc) is 3.07. The molecule has 1 aliphatic heterocycles. The Morgan fingerprint density at radius 1 is 1.25 bits per heavy atom. The molecule has 24 heavy (non-hydrogen) atoms. The molecule has 0 spiro atoms. The van der Waals surface area contributed by atoms with Crippen molar-refractivity contribution in [2.75, 3.05) is 7.11 Å². The maximum atomic E-state index is 12.1. The van der Waals surface area contributed by atoms with Crippen molar-refractivity contribution in [1.29, 1.82) is 0 Å². The Morgan fingerprint density at radius 3 is 2.88 bits per heavy atom. The number of H-pyrrole nitrogens is 1. The van der Waals surface area contributed by atoms with Crippen LogP contribution in [0.15, 0.2) is 34.7 Å². The summed E-state index contributed by atoms with van der Waals surface area (Å²) >= 11 is 5.22. The second-order valence-corrected chi connectivity index (χ2v) is 5.93. The number of aromatic nitrogens is 1. The number of methoxy groups -OCH3 is 1. The van der Waals surface area contributed by atoms with Crippen molar-refractivity contribution < 1.29 is 18.7 Å². The Balaban J connectivity index is 1.83. The molecule has 0 fully saturated rings. The van der Waals surface area contributed by atoms with Crippen molar-refractivity contribution >= 4 is 41.0 Å². The van der Waals surface area contributed by atoms with Gasteiger partial charge in [-0.2, -0.15) is 0 Å². The number of rotatable bonds is 2. The molecule has 2 aromatic heterocycles. The van der Waals surface area contributed by atoms with Gasteiger partial charge >= 0.3 is 5.97 Å². The number of aryl methyl sites for hydroxylation is 1. The minimum atomic E-state index is -0.449. The first kappa shape index (κ1) is 14.7. The summed E-state index contributed by atoms with van der Waals surface area (Å²) in [5.41, 5.74) is 2.63. The third kappa shape index (κ3) is 2.32. The summed E-state index contributed by atoms with van der Waals surface area (Å²) in [5.74, 6) is 1.29. The normalized spacial score (nSPS) is 14.9. The van der Waals surface area contributed by atoms with Crippen LogP contribution in [0.2, 0.25) is 0 Å². The summed E-state index contributed by atoms with van der Waals surface area (Å²) in [4.78, 5) is 15.0. The largest absolute Gasteiger partial charge is 0.497 e. The van der Waals surface area contributed by atoms with E-state index in [1.165, 1.54) is 0 Å². The van der Waals surface area contributed by atoms with E-state index in [0.717, 1.165) is 16.8 Å². The van der Waals surface area contributed by atoms with Crippen molar-refractivity contribution in [3.63, 3.8) is 0 Å². The molecule has 1 aliphatic rings. The minimum absolute atomic E-state index is 0.382. The first-order valence-corrected chi connectivity index (χ1v) is 7.72. The number of hydrogen-bond donors (Lipinski definition) is 1. The number of carbonyl (C=O) groups is 1. The van der Waals surface area contributed by atoms with Gasteiger partial charge in [-0.3, -0.25) is 0 Å². The van der Waals surface area contributed by atoms with Gasteiger partial charge in [0.15, 0.2) is 0 Å². The van der Waals surface area contributed by atoms with E-state index >= 15 is 0 Å². The van der Waals surface area contributed by atoms with E-state index in [0.29, 0.717) is 32.9 Å². The van der Waals surface area contributed by atoms with Gasteiger partial charge in [-0.25, -0.2) is 4.79 Å². The predicted molar refractivity (Wildman–Crippen MR) is 92.4 cm³/mol. The van der Waals surface area contributed by atoms with E-state index < -0.39 is 5.97 Å². The molecule has 0 saturated heterocycles. The minimum Gasteiger partial charge on any atom is -0.497 e. The lowest BCUT2D eigenvalue weighted by molar-refractivity contribution is 0.0716. The highest BCUT2D eigenvalue weighted by Gasteiger charge is 2.28. The first-order valence-electron chi connectivity index (χ1n) is 7.31. The Labute approximate surface area is 142 Å². The van der Waals surface area contributed by atoms with Gasteiger partial charge in [-0.1, -0.05) is 12.2 Å². The van der Waals surface area contributed by atoms with Crippen molar-refractivity contribution in [3.8, 4) is 5.75 Å². The molecule has 3 aromatic rings. The number of aromatic amines is 1. The third-order valence-electron chi connectivity index (χ3n) is 3.86. The molecular weight excluding hydrogens is 326 g/mol. The van der Waals surface area contributed by atoms with Crippen LogP contribution in [0.25, 0.3) is 22.8 Å². The Kier molecular flexibility index (Phi) is 3.28. The summed E-state index contributed by atoms with van der Waals surface area (Å²) < 4.78 is 16.7. The Hall–Kier alpha value is -2.86. The van der Waals surface area contributed by atoms with Gasteiger partial charge < -0.3 is 18.9 Å². The molecule has 0 bridgehead atoms. The molecule has 0 aliphatic carbocycles. The molecule has 4 rings (SSSR count). The number of cyclic esters (lactones) is 1. The molecule has 0 atom stereocenters. The van der Waals surface area contributed by atoms with E-state index in [1.54, 1.807) is 13.2 Å². The van der Waals surface area contributed by atoms with Gasteiger partial charge in [0.05, 0.1) is 7.11 Å². The number of nitrogens with one attached hydrogen (secondary N) is 1. The van der Waals surface area contributed by atoms with Crippen molar-refractivity contribution in [2.45, 2.75) is 6.92 Å². The zero-order valence-corrected chi connectivity index (χ0v) is 13.8. The molecule has 5 nitrogen and oxygen atoms in total. The molecule has 0 saturated carbocycles. The van der Waals surface area contributed by atoms with E-state index in [9.17, 15) is 4.79 Å². The lowest BCUT2D eigenvalue weighted by Crippen LogP contribution is -1.97. The number of pyridine rings is 1. The number of furan rings is 1. The second-order valence-electron chi connectivity index (χ2n) is 5.52. The van der Waals surface area contributed by atoms with Crippen LogP contribution in [-0.2, 0) is 4.74 Å². The number of benzene rings is 1. The highest BCUT2D eigenvalue weighted by Crippen LogP contribution is 2.33. The standard InChI is InChI=1S/C18H13NO4S/c1-9-5-13-15(23-18(20)16(13)17(24)19-9)8-12-6-10-3-4-11(21-2)7-14(10)22-12/h3-8H,1-2H3,(H,19,24)/b15-8-. The molecule has 6 heteroatoms. The average molecular weight is 339 g/mol. The molecule has 0 amide bonds. The highest BCUT2D eigenvalue weighted by atomic mass is 32.1. The summed E-state index contributed by atoms with van der Waals surface area (Å²) in [6.07, 6.45) is 1.70. The smallest absolute Gasteiger partial charge is 0.347 e. The van der Waals surface area contributed by atoms with Crippen LogP contribution in [-0.4, -0.2) is 18.1 Å². The fraction of sp³-hybridized carbons (Fsp3) is 0.111. The van der Waals surface area contributed by atoms with Crippen LogP contribution in [0.1, 0.15) is 27.4 Å². The monoisotopic (exact) mass is 339 g/mol. The molecular formula is C18H13NO4S. The van der Waals surface area contributed by atoms with E-state index in [4.69, 9.17) is 26.1 Å². The van der Waals surface area contributed by atoms with Crippen LogP contribution in [0, 0.1) is 11.6 Å². The fourth-order valence-electron chi connectivity index (χ4n) is 2.76. The van der Waals surface area contributed by atoms with Gasteiger partial charge in [0, 0.05) is 28.8 Å². The molecule has 120 valence electrons. The first-order chi connectivity index (χ1) is 11.5. The van der Waals surface area contributed by atoms with Crippen molar-refractivity contribution in [2.24, 2.45) is 0 Å². The van der Waals surface area contributed by atoms with Crippen LogP contribution >= 0.6 is 12.2 Å². The third-order valence-corrected chi connectivity index (χ3v) is 4.17. The number of fused-ring (bicyclic) bond motifs is 2. The number of esters is 1. The zero-order valence-electron chi connectivity index (χ0n) is 13.0. The van der Waals surface area contributed by atoms with Gasteiger partial charge in [-0.05, 0) is 31.2 Å². The summed E-state index contributed by atoms with van der Waals surface area (Å²) in [7, 11) is 1.60. The predicted octanol–water partition coefficient (Wildman–Crippen LogP) is 4.48. The topological polar surface area (TPSA) is 64.5 Å². The molecule has 0 radical (unpaired) electrons. The SMILES string of the molecule is COc1ccc2cc(/C=C3\OC(=O)c4c3cc(C)[nH]c4=S)oc2c1. The number of hydrogen-bond acceptors (Lipinski definition) is 5. The summed E-state index contributed by atoms with van der Waals surface area (Å²) in [6, 6.07) is 9.31. The van der Waals surface area contributed by atoms with Crippen LogP contribution in [0.5, 0.6) is 5.75 Å². The highest BCUT2D eigenvalue weighted by molar-refractivity contribution is 7.71. The van der Waals surface area contributed by atoms with Crippen LogP contribution < -0.4 is 4.74 Å².